The summed E-state index contributed by atoms with van der Waals surface area (Å²) < 4.78 is 0. The van der Waals surface area contributed by atoms with E-state index in [4.69, 9.17) is 0 Å². The fourth-order valence-electron chi connectivity index (χ4n) is 2.85. The highest BCUT2D eigenvalue weighted by molar-refractivity contribution is 6.05. The van der Waals surface area contributed by atoms with E-state index in [0.717, 1.165) is 16.8 Å². The fourth-order valence-corrected chi connectivity index (χ4v) is 2.85. The Bertz CT molecular complexity index is 1040. The first-order chi connectivity index (χ1) is 12.3. The van der Waals surface area contributed by atoms with Crippen LogP contribution in [0, 0.1) is 0 Å². The number of amides is 1. The molecule has 1 aromatic heterocycles. The van der Waals surface area contributed by atoms with Gasteiger partial charge in [-0.25, -0.2) is 0 Å². The molecular formula is C22H16N2O. The molecule has 4 aromatic rings. The van der Waals surface area contributed by atoms with E-state index in [1.54, 1.807) is 24.5 Å². The minimum absolute atomic E-state index is 0.131. The number of anilines is 1. The Kier molecular flexibility index (Phi) is 3.97. The van der Waals surface area contributed by atoms with Gasteiger partial charge in [0.1, 0.15) is 0 Å². The molecule has 0 bridgehead atoms. The fraction of sp³-hybridized carbons (Fsp3) is 0. The van der Waals surface area contributed by atoms with Gasteiger partial charge in [0.2, 0.25) is 0 Å². The normalized spacial score (nSPS) is 10.6. The Morgan fingerprint density at radius 2 is 1.48 bits per heavy atom. The number of carbonyl (C=O) groups excluding carboxylic acids is 1. The van der Waals surface area contributed by atoms with Gasteiger partial charge in [-0.1, -0.05) is 48.5 Å². The zero-order valence-corrected chi connectivity index (χ0v) is 13.5. The van der Waals surface area contributed by atoms with Crippen LogP contribution in [0.4, 0.5) is 5.69 Å². The summed E-state index contributed by atoms with van der Waals surface area (Å²) in [5.74, 6) is -0.131. The molecule has 0 saturated carbocycles. The van der Waals surface area contributed by atoms with Crippen molar-refractivity contribution in [2.75, 3.05) is 5.32 Å². The van der Waals surface area contributed by atoms with Crippen LogP contribution in [-0.4, -0.2) is 10.9 Å². The molecule has 0 aliphatic heterocycles. The van der Waals surface area contributed by atoms with Crippen LogP contribution < -0.4 is 5.32 Å². The maximum absolute atomic E-state index is 12.5. The lowest BCUT2D eigenvalue weighted by atomic mass is 9.99. The van der Waals surface area contributed by atoms with Crippen molar-refractivity contribution in [3.63, 3.8) is 0 Å². The topological polar surface area (TPSA) is 42.0 Å². The van der Waals surface area contributed by atoms with E-state index < -0.39 is 0 Å². The summed E-state index contributed by atoms with van der Waals surface area (Å²) in [4.78, 5) is 16.4. The molecule has 3 aromatic carbocycles. The monoisotopic (exact) mass is 324 g/mol. The number of benzene rings is 3. The van der Waals surface area contributed by atoms with Crippen LogP contribution >= 0.6 is 0 Å². The maximum Gasteiger partial charge on any atom is 0.255 e. The quantitative estimate of drug-likeness (QED) is 0.566. The van der Waals surface area contributed by atoms with Crippen molar-refractivity contribution < 1.29 is 4.79 Å². The molecule has 3 heteroatoms. The molecule has 0 fully saturated rings. The first kappa shape index (κ1) is 15.1. The summed E-state index contributed by atoms with van der Waals surface area (Å²) >= 11 is 0. The second kappa shape index (κ2) is 6.57. The number of nitrogens with zero attached hydrogens (tertiary/aromatic N) is 1. The van der Waals surface area contributed by atoms with Gasteiger partial charge in [0, 0.05) is 23.6 Å². The molecule has 0 saturated heterocycles. The molecule has 1 heterocycles. The number of fused-ring (bicyclic) bond motifs is 1. The first-order valence-corrected chi connectivity index (χ1v) is 8.10. The van der Waals surface area contributed by atoms with Crippen molar-refractivity contribution in [2.24, 2.45) is 0 Å². The van der Waals surface area contributed by atoms with Gasteiger partial charge in [-0.2, -0.15) is 0 Å². The molecule has 1 N–H and O–H groups in total. The molecule has 4 rings (SSSR count). The van der Waals surface area contributed by atoms with Gasteiger partial charge in [-0.3, -0.25) is 9.78 Å². The van der Waals surface area contributed by atoms with E-state index in [-0.39, 0.29) is 5.91 Å². The van der Waals surface area contributed by atoms with Crippen molar-refractivity contribution in [1.29, 1.82) is 0 Å². The third-order valence-corrected chi connectivity index (χ3v) is 4.15. The Morgan fingerprint density at radius 3 is 2.32 bits per heavy atom. The molecule has 3 nitrogen and oxygen atoms in total. The summed E-state index contributed by atoms with van der Waals surface area (Å²) in [6.07, 6.45) is 3.31. The molecule has 120 valence electrons. The Balaban J connectivity index is 1.65. The van der Waals surface area contributed by atoms with Gasteiger partial charge >= 0.3 is 0 Å². The summed E-state index contributed by atoms with van der Waals surface area (Å²) in [6.45, 7) is 0. The van der Waals surface area contributed by atoms with Crippen LogP contribution in [0.15, 0.2) is 91.3 Å². The summed E-state index contributed by atoms with van der Waals surface area (Å²) in [7, 11) is 0. The molecule has 0 atom stereocenters. The average molecular weight is 324 g/mol. The van der Waals surface area contributed by atoms with Gasteiger partial charge in [-0.05, 0) is 52.2 Å². The number of rotatable bonds is 3. The highest BCUT2D eigenvalue weighted by Gasteiger charge is 2.08. The number of aromatic nitrogens is 1. The Morgan fingerprint density at radius 1 is 0.720 bits per heavy atom. The van der Waals surface area contributed by atoms with Gasteiger partial charge in [0.05, 0.1) is 0 Å². The standard InChI is InChI=1S/C22H16N2O/c25-22(24-21-10-12-23-13-11-21)20-7-3-6-18(15-20)19-9-8-16-4-1-2-5-17(16)14-19/h1-15H,(H,23,24,25). The molecule has 0 radical (unpaired) electrons. The molecular weight excluding hydrogens is 308 g/mol. The van der Waals surface area contributed by atoms with E-state index in [0.29, 0.717) is 5.56 Å². The van der Waals surface area contributed by atoms with Gasteiger partial charge in [0.25, 0.3) is 5.91 Å². The van der Waals surface area contributed by atoms with Crippen molar-refractivity contribution >= 4 is 22.4 Å². The summed E-state index contributed by atoms with van der Waals surface area (Å²) in [6, 6.07) is 25.8. The SMILES string of the molecule is O=C(Nc1ccncc1)c1cccc(-c2ccc3ccccc3c2)c1. The van der Waals surface area contributed by atoms with E-state index in [2.05, 4.69) is 40.6 Å². The second-order valence-corrected chi connectivity index (χ2v) is 5.83. The summed E-state index contributed by atoms with van der Waals surface area (Å²) in [5.41, 5.74) is 3.48. The summed E-state index contributed by atoms with van der Waals surface area (Å²) in [5, 5.41) is 5.28. The molecule has 0 spiro atoms. The van der Waals surface area contributed by atoms with Crippen molar-refractivity contribution in [2.45, 2.75) is 0 Å². The van der Waals surface area contributed by atoms with Crippen LogP contribution in [0.1, 0.15) is 10.4 Å². The minimum atomic E-state index is -0.131. The van der Waals surface area contributed by atoms with Crippen LogP contribution in [-0.2, 0) is 0 Å². The van der Waals surface area contributed by atoms with Gasteiger partial charge < -0.3 is 5.32 Å². The molecule has 25 heavy (non-hydrogen) atoms. The Hall–Kier alpha value is -3.46. The van der Waals surface area contributed by atoms with Crippen molar-refractivity contribution in [1.82, 2.24) is 4.98 Å². The lowest BCUT2D eigenvalue weighted by molar-refractivity contribution is 0.102. The van der Waals surface area contributed by atoms with E-state index in [9.17, 15) is 4.79 Å². The van der Waals surface area contributed by atoms with E-state index in [1.165, 1.54) is 10.8 Å². The smallest absolute Gasteiger partial charge is 0.255 e. The second-order valence-electron chi connectivity index (χ2n) is 5.83. The van der Waals surface area contributed by atoms with E-state index >= 15 is 0 Å². The van der Waals surface area contributed by atoms with Crippen molar-refractivity contribution in [3.05, 3.63) is 96.8 Å². The molecule has 0 aliphatic rings. The predicted octanol–water partition coefficient (Wildman–Crippen LogP) is 5.15. The lowest BCUT2D eigenvalue weighted by Crippen LogP contribution is -2.11. The largest absolute Gasteiger partial charge is 0.322 e. The van der Waals surface area contributed by atoms with E-state index in [1.807, 2.05) is 36.4 Å². The predicted molar refractivity (Wildman–Crippen MR) is 102 cm³/mol. The zero-order valence-electron chi connectivity index (χ0n) is 13.5. The molecule has 1 amide bonds. The number of nitrogens with one attached hydrogen (secondary N) is 1. The number of pyridine rings is 1. The van der Waals surface area contributed by atoms with Crippen LogP contribution in [0.5, 0.6) is 0 Å². The van der Waals surface area contributed by atoms with Gasteiger partial charge in [0.15, 0.2) is 0 Å². The minimum Gasteiger partial charge on any atom is -0.322 e. The van der Waals surface area contributed by atoms with Crippen molar-refractivity contribution in [3.8, 4) is 11.1 Å². The number of hydrogen-bond acceptors (Lipinski definition) is 2. The molecule has 0 aliphatic carbocycles. The highest BCUT2D eigenvalue weighted by Crippen LogP contribution is 2.25. The third-order valence-electron chi connectivity index (χ3n) is 4.15. The third kappa shape index (κ3) is 3.26. The van der Waals surface area contributed by atoms with Crippen LogP contribution in [0.2, 0.25) is 0 Å². The average Bonchev–Trinajstić information content (AvgIpc) is 2.68. The molecule has 0 unspecified atom stereocenters. The van der Waals surface area contributed by atoms with Gasteiger partial charge in [-0.15, -0.1) is 0 Å². The number of hydrogen-bond donors (Lipinski definition) is 1. The maximum atomic E-state index is 12.5. The number of carbonyl (C=O) groups is 1. The lowest BCUT2D eigenvalue weighted by Gasteiger charge is -2.08. The Labute approximate surface area is 146 Å². The van der Waals surface area contributed by atoms with Crippen LogP contribution in [0.25, 0.3) is 21.9 Å². The van der Waals surface area contributed by atoms with Crippen LogP contribution in [0.3, 0.4) is 0 Å². The zero-order chi connectivity index (χ0) is 17.1. The first-order valence-electron chi connectivity index (χ1n) is 8.10. The highest BCUT2D eigenvalue weighted by atomic mass is 16.1.